The molecule has 0 aliphatic rings. The zero-order valence-electron chi connectivity index (χ0n) is 18.7. The molecule has 8 nitrogen and oxygen atoms in total. The van der Waals surface area contributed by atoms with Crippen LogP contribution in [0.4, 0.5) is 5.82 Å². The third-order valence-corrected chi connectivity index (χ3v) is 5.88. The lowest BCUT2D eigenvalue weighted by Gasteiger charge is -2.09. The Morgan fingerprint density at radius 3 is 2.64 bits per heavy atom. The van der Waals surface area contributed by atoms with Gasteiger partial charge in [0.15, 0.2) is 5.76 Å². The number of carboxylic acid groups (broad SMARTS) is 1. The number of nitrogens with two attached hydrogens (primary N) is 1. The number of aliphatic carboxylic acids is 1. The second kappa shape index (κ2) is 9.68. The van der Waals surface area contributed by atoms with Crippen LogP contribution >= 0.6 is 0 Å². The number of pyridine rings is 1. The minimum atomic E-state index is -0.943. The number of nitrogen functional groups attached to an aromatic ring is 1. The van der Waals surface area contributed by atoms with Gasteiger partial charge in [0.05, 0.1) is 18.6 Å². The van der Waals surface area contributed by atoms with Gasteiger partial charge in [-0.2, -0.15) is 0 Å². The van der Waals surface area contributed by atoms with Gasteiger partial charge in [-0.15, -0.1) is 0 Å². The molecule has 0 aliphatic carbocycles. The predicted molar refractivity (Wildman–Crippen MR) is 125 cm³/mol. The van der Waals surface area contributed by atoms with E-state index in [0.29, 0.717) is 29.7 Å². The molecular weight excluding hydrogens is 418 g/mol. The van der Waals surface area contributed by atoms with Gasteiger partial charge in [-0.05, 0) is 36.0 Å². The molecule has 4 aromatic rings. The summed E-state index contributed by atoms with van der Waals surface area (Å²) in [5, 5.41) is 13.9. The molecular formula is C25H27N5O3. The summed E-state index contributed by atoms with van der Waals surface area (Å²) in [5.74, 6) is -0.116. The number of hydrogen-bond acceptors (Lipinski definition) is 6. The van der Waals surface area contributed by atoms with E-state index in [2.05, 4.69) is 41.1 Å². The number of imidazole rings is 1. The van der Waals surface area contributed by atoms with Crippen LogP contribution in [-0.2, 0) is 17.8 Å². The van der Waals surface area contributed by atoms with Crippen molar-refractivity contribution in [3.63, 3.8) is 0 Å². The van der Waals surface area contributed by atoms with Gasteiger partial charge in [-0.25, -0.2) is 9.97 Å². The number of anilines is 1. The highest BCUT2D eigenvalue weighted by Crippen LogP contribution is 2.25. The van der Waals surface area contributed by atoms with Crippen LogP contribution in [-0.4, -0.2) is 30.8 Å². The van der Waals surface area contributed by atoms with Crippen molar-refractivity contribution < 1.29 is 14.4 Å². The van der Waals surface area contributed by atoms with Crippen molar-refractivity contribution in [2.75, 3.05) is 5.73 Å². The highest BCUT2D eigenvalue weighted by molar-refractivity contribution is 5.75. The van der Waals surface area contributed by atoms with Crippen molar-refractivity contribution in [3.05, 3.63) is 83.7 Å². The van der Waals surface area contributed by atoms with Crippen LogP contribution in [0.5, 0.6) is 0 Å². The molecule has 33 heavy (non-hydrogen) atoms. The molecule has 3 aromatic heterocycles. The number of hydrogen-bond donors (Lipinski definition) is 2. The van der Waals surface area contributed by atoms with Crippen LogP contribution in [0.25, 0.3) is 11.3 Å². The SMILES string of the molecule is CCC(C)c1ccc(-c2cc(Cn3cnc(C(Cc4ccc(N)nc4)C(=O)O)c3)no2)cc1. The fourth-order valence-corrected chi connectivity index (χ4v) is 3.68. The Hall–Kier alpha value is -3.94. The number of nitrogens with zero attached hydrogens (tertiary/aromatic N) is 4. The topological polar surface area (TPSA) is 120 Å². The van der Waals surface area contributed by atoms with E-state index in [0.717, 1.165) is 23.2 Å². The van der Waals surface area contributed by atoms with Gasteiger partial charge in [-0.3, -0.25) is 4.79 Å². The summed E-state index contributed by atoms with van der Waals surface area (Å²) < 4.78 is 7.34. The van der Waals surface area contributed by atoms with Gasteiger partial charge >= 0.3 is 5.97 Å². The summed E-state index contributed by atoms with van der Waals surface area (Å²) in [5.41, 5.74) is 9.87. The molecule has 4 rings (SSSR count). The first-order valence-electron chi connectivity index (χ1n) is 10.9. The number of carbonyl (C=O) groups is 1. The second-order valence-corrected chi connectivity index (χ2v) is 8.27. The van der Waals surface area contributed by atoms with Crippen LogP contribution in [0.2, 0.25) is 0 Å². The summed E-state index contributed by atoms with van der Waals surface area (Å²) in [6, 6.07) is 13.7. The minimum Gasteiger partial charge on any atom is -0.481 e. The Balaban J connectivity index is 1.45. The Morgan fingerprint density at radius 1 is 1.18 bits per heavy atom. The van der Waals surface area contributed by atoms with E-state index in [1.165, 1.54) is 5.56 Å². The summed E-state index contributed by atoms with van der Waals surface area (Å²) >= 11 is 0. The summed E-state index contributed by atoms with van der Waals surface area (Å²) in [6.07, 6.45) is 6.31. The Labute approximate surface area is 192 Å². The largest absolute Gasteiger partial charge is 0.481 e. The zero-order chi connectivity index (χ0) is 23.4. The molecule has 0 amide bonds. The molecule has 2 unspecified atom stereocenters. The van der Waals surface area contributed by atoms with Crippen molar-refractivity contribution in [3.8, 4) is 11.3 Å². The summed E-state index contributed by atoms with van der Waals surface area (Å²) in [4.78, 5) is 20.2. The molecule has 8 heteroatoms. The first-order chi connectivity index (χ1) is 15.9. The first-order valence-corrected chi connectivity index (χ1v) is 10.9. The van der Waals surface area contributed by atoms with Gasteiger partial charge in [0.1, 0.15) is 17.4 Å². The quantitative estimate of drug-likeness (QED) is 0.389. The Morgan fingerprint density at radius 2 is 1.97 bits per heavy atom. The second-order valence-electron chi connectivity index (χ2n) is 8.27. The number of aromatic nitrogens is 4. The van der Waals surface area contributed by atoms with Crippen molar-refractivity contribution in [2.24, 2.45) is 0 Å². The van der Waals surface area contributed by atoms with E-state index >= 15 is 0 Å². The van der Waals surface area contributed by atoms with Crippen LogP contribution < -0.4 is 5.73 Å². The number of rotatable bonds is 9. The van der Waals surface area contributed by atoms with E-state index in [-0.39, 0.29) is 6.42 Å². The predicted octanol–water partition coefficient (Wildman–Crippen LogP) is 4.49. The molecule has 0 fully saturated rings. The molecule has 0 bridgehead atoms. The van der Waals surface area contributed by atoms with Crippen molar-refractivity contribution in [1.29, 1.82) is 0 Å². The molecule has 2 atom stereocenters. The Kier molecular flexibility index (Phi) is 6.53. The number of benzene rings is 1. The zero-order valence-corrected chi connectivity index (χ0v) is 18.7. The normalized spacial score (nSPS) is 13.0. The average Bonchev–Trinajstić information content (AvgIpc) is 3.48. The van der Waals surface area contributed by atoms with E-state index in [9.17, 15) is 9.90 Å². The van der Waals surface area contributed by atoms with Gasteiger partial charge in [0.2, 0.25) is 0 Å². The molecule has 170 valence electrons. The minimum absolute atomic E-state index is 0.278. The first kappa shape index (κ1) is 22.3. The monoisotopic (exact) mass is 445 g/mol. The van der Waals surface area contributed by atoms with Crippen molar-refractivity contribution in [1.82, 2.24) is 19.7 Å². The van der Waals surface area contributed by atoms with E-state index in [4.69, 9.17) is 10.3 Å². The van der Waals surface area contributed by atoms with Crippen LogP contribution in [0.3, 0.4) is 0 Å². The highest BCUT2D eigenvalue weighted by atomic mass is 16.5. The lowest BCUT2D eigenvalue weighted by molar-refractivity contribution is -0.138. The van der Waals surface area contributed by atoms with E-state index in [1.807, 2.05) is 18.2 Å². The maximum absolute atomic E-state index is 11.9. The van der Waals surface area contributed by atoms with Gasteiger partial charge in [0, 0.05) is 24.0 Å². The third kappa shape index (κ3) is 5.28. The van der Waals surface area contributed by atoms with Crippen LogP contribution in [0, 0.1) is 0 Å². The molecule has 0 saturated carbocycles. The van der Waals surface area contributed by atoms with Crippen LogP contribution in [0.15, 0.2) is 65.7 Å². The lowest BCUT2D eigenvalue weighted by atomic mass is 9.97. The molecule has 3 heterocycles. The van der Waals surface area contributed by atoms with Gasteiger partial charge < -0.3 is 19.9 Å². The van der Waals surface area contributed by atoms with Gasteiger partial charge in [-0.1, -0.05) is 49.3 Å². The van der Waals surface area contributed by atoms with E-state index < -0.39 is 11.9 Å². The molecule has 3 N–H and O–H groups in total. The summed E-state index contributed by atoms with van der Waals surface area (Å²) in [6.45, 7) is 4.82. The van der Waals surface area contributed by atoms with Crippen LogP contribution in [0.1, 0.15) is 54.6 Å². The fourth-order valence-electron chi connectivity index (χ4n) is 3.68. The maximum atomic E-state index is 11.9. The van der Waals surface area contributed by atoms with Crippen molar-refractivity contribution >= 4 is 11.8 Å². The molecule has 0 radical (unpaired) electrons. The highest BCUT2D eigenvalue weighted by Gasteiger charge is 2.23. The molecule has 0 aliphatic heterocycles. The molecule has 0 saturated heterocycles. The molecule has 0 spiro atoms. The smallest absolute Gasteiger partial charge is 0.312 e. The maximum Gasteiger partial charge on any atom is 0.312 e. The number of carboxylic acids is 1. The standard InChI is InChI=1S/C25H27N5O3/c1-3-16(2)18-5-7-19(8-6-18)23-11-20(29-33-23)13-30-14-22(28-15-30)21(25(31)32)10-17-4-9-24(26)27-12-17/h4-9,11-12,14-16,21H,3,10,13H2,1-2H3,(H2,26,27)(H,31,32). The lowest BCUT2D eigenvalue weighted by Crippen LogP contribution is -2.15. The fraction of sp³-hybridized carbons (Fsp3) is 0.280. The molecule has 1 aromatic carbocycles. The Bertz CT molecular complexity index is 1210. The third-order valence-electron chi connectivity index (χ3n) is 5.88. The summed E-state index contributed by atoms with van der Waals surface area (Å²) in [7, 11) is 0. The van der Waals surface area contributed by atoms with Gasteiger partial charge in [0.25, 0.3) is 0 Å². The van der Waals surface area contributed by atoms with E-state index in [1.54, 1.807) is 35.4 Å². The van der Waals surface area contributed by atoms with Crippen molar-refractivity contribution in [2.45, 2.75) is 45.1 Å². The average molecular weight is 446 g/mol.